The van der Waals surface area contributed by atoms with E-state index in [-0.39, 0.29) is 6.04 Å². The van der Waals surface area contributed by atoms with E-state index in [1.165, 1.54) is 25.7 Å². The van der Waals surface area contributed by atoms with Gasteiger partial charge in [0.05, 0.1) is 11.1 Å². The Kier molecular flexibility index (Phi) is 4.90. The quantitative estimate of drug-likeness (QED) is 0.821. The molecule has 0 heterocycles. The fourth-order valence-electron chi connectivity index (χ4n) is 2.44. The highest BCUT2D eigenvalue weighted by Crippen LogP contribution is 2.30. The van der Waals surface area contributed by atoms with E-state index in [1.807, 2.05) is 25.1 Å². The Bertz CT molecular complexity index is 384. The van der Waals surface area contributed by atoms with Gasteiger partial charge in [0.15, 0.2) is 0 Å². The fourth-order valence-corrected chi connectivity index (χ4v) is 2.67. The minimum Gasteiger partial charge on any atom is -0.489 e. The van der Waals surface area contributed by atoms with Crippen molar-refractivity contribution in [3.63, 3.8) is 0 Å². The number of nitrogens with two attached hydrogens (primary N) is 1. The lowest BCUT2D eigenvalue weighted by Gasteiger charge is -2.18. The Morgan fingerprint density at radius 1 is 1.22 bits per heavy atom. The van der Waals surface area contributed by atoms with E-state index in [0.29, 0.717) is 11.1 Å². The number of ether oxygens (including phenoxy) is 1. The summed E-state index contributed by atoms with van der Waals surface area (Å²) in [6, 6.07) is 5.88. The largest absolute Gasteiger partial charge is 0.489 e. The highest BCUT2D eigenvalue weighted by atomic mass is 35.5. The van der Waals surface area contributed by atoms with Crippen molar-refractivity contribution in [3.05, 3.63) is 28.8 Å². The first kappa shape index (κ1) is 13.7. The zero-order valence-electron chi connectivity index (χ0n) is 11.0. The lowest BCUT2D eigenvalue weighted by molar-refractivity contribution is 0.184. The summed E-state index contributed by atoms with van der Waals surface area (Å²) in [4.78, 5) is 0. The molecule has 2 nitrogen and oxygen atoms in total. The molecule has 0 aliphatic heterocycles. The molecule has 2 N–H and O–H groups in total. The molecule has 0 unspecified atom stereocenters. The van der Waals surface area contributed by atoms with Gasteiger partial charge >= 0.3 is 0 Å². The van der Waals surface area contributed by atoms with Crippen LogP contribution >= 0.6 is 11.6 Å². The van der Waals surface area contributed by atoms with Gasteiger partial charge in [-0.1, -0.05) is 30.5 Å². The van der Waals surface area contributed by atoms with Gasteiger partial charge in [-0.15, -0.1) is 0 Å². The number of hydrogen-bond acceptors (Lipinski definition) is 2. The molecule has 2 rings (SSSR count). The number of rotatable bonds is 3. The summed E-state index contributed by atoms with van der Waals surface area (Å²) in [5.41, 5.74) is 6.89. The molecule has 1 aromatic rings. The average Bonchev–Trinajstić information content (AvgIpc) is 2.60. The van der Waals surface area contributed by atoms with Crippen molar-refractivity contribution in [3.8, 4) is 5.75 Å². The van der Waals surface area contributed by atoms with Gasteiger partial charge in [-0.2, -0.15) is 0 Å². The normalized spacial score (nSPS) is 19.3. The standard InChI is InChI=1S/C15H22ClNO/c1-11(17)12-8-9-15(14(16)10-12)18-13-6-4-2-3-5-7-13/h8-11,13H,2-7,17H2,1H3/t11-/m0/s1. The fraction of sp³-hybridized carbons (Fsp3) is 0.600. The highest BCUT2D eigenvalue weighted by Gasteiger charge is 2.15. The van der Waals surface area contributed by atoms with Crippen LogP contribution in [0.1, 0.15) is 57.1 Å². The van der Waals surface area contributed by atoms with Crippen LogP contribution in [0.15, 0.2) is 18.2 Å². The van der Waals surface area contributed by atoms with Gasteiger partial charge in [0.25, 0.3) is 0 Å². The van der Waals surface area contributed by atoms with Crippen LogP contribution in [0.3, 0.4) is 0 Å². The minimum absolute atomic E-state index is 0.00873. The molecule has 0 bridgehead atoms. The van der Waals surface area contributed by atoms with Gasteiger partial charge < -0.3 is 10.5 Å². The predicted molar refractivity (Wildman–Crippen MR) is 76.2 cm³/mol. The Morgan fingerprint density at radius 2 is 1.89 bits per heavy atom. The predicted octanol–water partition coefficient (Wildman–Crippen LogP) is 4.46. The van der Waals surface area contributed by atoms with Gasteiger partial charge in [0.2, 0.25) is 0 Å². The van der Waals surface area contributed by atoms with Crippen molar-refractivity contribution in [1.82, 2.24) is 0 Å². The second-order valence-corrected chi connectivity index (χ2v) is 5.62. The topological polar surface area (TPSA) is 35.2 Å². The van der Waals surface area contributed by atoms with E-state index >= 15 is 0 Å². The number of hydrogen-bond donors (Lipinski definition) is 1. The summed E-state index contributed by atoms with van der Waals surface area (Å²) >= 11 is 6.25. The highest BCUT2D eigenvalue weighted by molar-refractivity contribution is 6.32. The first-order chi connectivity index (χ1) is 8.66. The third-order valence-electron chi connectivity index (χ3n) is 3.58. The second-order valence-electron chi connectivity index (χ2n) is 5.21. The third-order valence-corrected chi connectivity index (χ3v) is 3.87. The molecule has 0 aromatic heterocycles. The number of benzene rings is 1. The summed E-state index contributed by atoms with van der Waals surface area (Å²) in [6.45, 7) is 1.96. The van der Waals surface area contributed by atoms with Crippen LogP contribution in [0.2, 0.25) is 5.02 Å². The van der Waals surface area contributed by atoms with Crippen LogP contribution in [0.25, 0.3) is 0 Å². The summed E-state index contributed by atoms with van der Waals surface area (Å²) in [5, 5.41) is 0.675. The zero-order valence-corrected chi connectivity index (χ0v) is 11.7. The van der Waals surface area contributed by atoms with E-state index in [4.69, 9.17) is 22.1 Å². The third kappa shape index (κ3) is 3.63. The van der Waals surface area contributed by atoms with Crippen LogP contribution in [0, 0.1) is 0 Å². The molecule has 100 valence electrons. The molecule has 0 saturated heterocycles. The van der Waals surface area contributed by atoms with Gasteiger partial charge in [0.1, 0.15) is 5.75 Å². The van der Waals surface area contributed by atoms with Crippen molar-refractivity contribution >= 4 is 11.6 Å². The molecule has 0 radical (unpaired) electrons. The Hall–Kier alpha value is -0.730. The first-order valence-corrected chi connectivity index (χ1v) is 7.26. The summed E-state index contributed by atoms with van der Waals surface area (Å²) < 4.78 is 6.03. The van der Waals surface area contributed by atoms with Gasteiger partial charge in [-0.05, 0) is 50.3 Å². The van der Waals surface area contributed by atoms with Crippen molar-refractivity contribution in [2.24, 2.45) is 5.73 Å². The molecule has 1 saturated carbocycles. The lowest BCUT2D eigenvalue weighted by Crippen LogP contribution is -2.15. The SMILES string of the molecule is C[C@H](N)c1ccc(OC2CCCCCC2)c(Cl)c1. The summed E-state index contributed by atoms with van der Waals surface area (Å²) in [5.74, 6) is 0.799. The van der Waals surface area contributed by atoms with Gasteiger partial charge in [0, 0.05) is 6.04 Å². The molecule has 1 aliphatic rings. The van der Waals surface area contributed by atoms with Crippen molar-refractivity contribution in [1.29, 1.82) is 0 Å². The monoisotopic (exact) mass is 267 g/mol. The molecule has 1 atom stereocenters. The molecule has 3 heteroatoms. The second kappa shape index (κ2) is 6.44. The van der Waals surface area contributed by atoms with Crippen LogP contribution in [0.5, 0.6) is 5.75 Å². The van der Waals surface area contributed by atoms with E-state index in [1.54, 1.807) is 0 Å². The first-order valence-electron chi connectivity index (χ1n) is 6.88. The Labute approximate surface area is 114 Å². The molecule has 1 fully saturated rings. The van der Waals surface area contributed by atoms with E-state index in [9.17, 15) is 0 Å². The van der Waals surface area contributed by atoms with E-state index < -0.39 is 0 Å². The van der Waals surface area contributed by atoms with Crippen molar-refractivity contribution < 1.29 is 4.74 Å². The Balaban J connectivity index is 2.04. The molecular formula is C15H22ClNO. The zero-order chi connectivity index (χ0) is 13.0. The maximum absolute atomic E-state index is 6.25. The van der Waals surface area contributed by atoms with E-state index in [0.717, 1.165) is 24.2 Å². The maximum Gasteiger partial charge on any atom is 0.138 e. The van der Waals surface area contributed by atoms with Gasteiger partial charge in [-0.3, -0.25) is 0 Å². The lowest BCUT2D eigenvalue weighted by atomic mass is 10.1. The molecular weight excluding hydrogens is 246 g/mol. The Morgan fingerprint density at radius 3 is 2.44 bits per heavy atom. The van der Waals surface area contributed by atoms with Crippen molar-refractivity contribution in [2.45, 2.75) is 57.6 Å². The molecule has 0 spiro atoms. The molecule has 1 aliphatic carbocycles. The van der Waals surface area contributed by atoms with Crippen LogP contribution in [-0.2, 0) is 0 Å². The van der Waals surface area contributed by atoms with Crippen LogP contribution in [-0.4, -0.2) is 6.10 Å². The summed E-state index contributed by atoms with van der Waals surface area (Å²) in [6.07, 6.45) is 7.80. The van der Waals surface area contributed by atoms with Crippen molar-refractivity contribution in [2.75, 3.05) is 0 Å². The van der Waals surface area contributed by atoms with Crippen LogP contribution in [0.4, 0.5) is 0 Å². The molecule has 0 amide bonds. The minimum atomic E-state index is 0.00873. The summed E-state index contributed by atoms with van der Waals surface area (Å²) in [7, 11) is 0. The van der Waals surface area contributed by atoms with Gasteiger partial charge in [-0.25, -0.2) is 0 Å². The maximum atomic E-state index is 6.25. The molecule has 18 heavy (non-hydrogen) atoms. The average molecular weight is 268 g/mol. The van der Waals surface area contributed by atoms with Crippen LogP contribution < -0.4 is 10.5 Å². The number of halogens is 1. The molecule has 1 aromatic carbocycles. The van der Waals surface area contributed by atoms with E-state index in [2.05, 4.69) is 0 Å². The smallest absolute Gasteiger partial charge is 0.138 e.